The van der Waals surface area contributed by atoms with Crippen LogP contribution in [-0.2, 0) is 0 Å². The zero-order chi connectivity index (χ0) is 11.0. The van der Waals surface area contributed by atoms with E-state index in [-0.39, 0.29) is 16.9 Å². The Morgan fingerprint density at radius 1 is 1.53 bits per heavy atom. The summed E-state index contributed by atoms with van der Waals surface area (Å²) in [5, 5.41) is 22.3. The Hall–Kier alpha value is -1.95. The molecule has 1 unspecified atom stereocenters. The van der Waals surface area contributed by atoms with Gasteiger partial charge in [-0.15, -0.1) is 0 Å². The molecule has 1 aliphatic rings. The van der Waals surface area contributed by atoms with Crippen molar-refractivity contribution in [1.82, 2.24) is 0 Å². The second-order valence-electron chi connectivity index (χ2n) is 3.09. The number of hydrogen-bond donors (Lipinski definition) is 2. The molecular weight excluding hydrogens is 203 g/mol. The molecular formula is C9H7FN2O3. The summed E-state index contributed by atoms with van der Waals surface area (Å²) in [7, 11) is 0. The molecule has 0 saturated heterocycles. The SMILES string of the molecule is O=[N+]([O-])c1cc(F)cc2c1C=CC(O)N2. The summed E-state index contributed by atoms with van der Waals surface area (Å²) in [5.41, 5.74) is 0.170. The number of fused-ring (bicyclic) bond motifs is 1. The van der Waals surface area contributed by atoms with Crippen molar-refractivity contribution >= 4 is 17.5 Å². The van der Waals surface area contributed by atoms with Gasteiger partial charge >= 0.3 is 0 Å². The lowest BCUT2D eigenvalue weighted by atomic mass is 10.1. The van der Waals surface area contributed by atoms with Crippen LogP contribution < -0.4 is 5.32 Å². The van der Waals surface area contributed by atoms with Crippen molar-refractivity contribution in [3.63, 3.8) is 0 Å². The molecule has 1 heterocycles. The number of halogens is 1. The average molecular weight is 210 g/mol. The van der Waals surface area contributed by atoms with Gasteiger partial charge in [0.05, 0.1) is 22.2 Å². The molecule has 1 atom stereocenters. The van der Waals surface area contributed by atoms with Gasteiger partial charge < -0.3 is 10.4 Å². The first kappa shape index (κ1) is 9.60. The van der Waals surface area contributed by atoms with Gasteiger partial charge in [0.2, 0.25) is 0 Å². The van der Waals surface area contributed by atoms with Crippen LogP contribution in [0.3, 0.4) is 0 Å². The number of benzene rings is 1. The number of aliphatic hydroxyl groups excluding tert-OH is 1. The third kappa shape index (κ3) is 1.66. The second kappa shape index (κ2) is 3.32. The molecule has 0 fully saturated rings. The summed E-state index contributed by atoms with van der Waals surface area (Å²) in [5.74, 6) is -0.713. The second-order valence-corrected chi connectivity index (χ2v) is 3.09. The summed E-state index contributed by atoms with van der Waals surface area (Å²) in [6.45, 7) is 0. The van der Waals surface area contributed by atoms with Crippen molar-refractivity contribution in [1.29, 1.82) is 0 Å². The van der Waals surface area contributed by atoms with Crippen LogP contribution >= 0.6 is 0 Å². The molecule has 1 aromatic carbocycles. The number of hydrogen-bond acceptors (Lipinski definition) is 4. The molecule has 6 heteroatoms. The van der Waals surface area contributed by atoms with Crippen LogP contribution in [0.15, 0.2) is 18.2 Å². The molecule has 78 valence electrons. The number of anilines is 1. The lowest BCUT2D eigenvalue weighted by Crippen LogP contribution is -2.19. The monoisotopic (exact) mass is 210 g/mol. The van der Waals surface area contributed by atoms with E-state index in [9.17, 15) is 19.6 Å². The molecule has 0 aromatic heterocycles. The summed E-state index contributed by atoms with van der Waals surface area (Å²) in [4.78, 5) is 9.96. The highest BCUT2D eigenvalue weighted by Crippen LogP contribution is 2.32. The zero-order valence-electron chi connectivity index (χ0n) is 7.48. The van der Waals surface area contributed by atoms with Crippen LogP contribution in [0.25, 0.3) is 6.08 Å². The summed E-state index contributed by atoms with van der Waals surface area (Å²) < 4.78 is 13.0. The van der Waals surface area contributed by atoms with Crippen molar-refractivity contribution in [3.8, 4) is 0 Å². The smallest absolute Gasteiger partial charge is 0.281 e. The van der Waals surface area contributed by atoms with Crippen LogP contribution in [0.2, 0.25) is 0 Å². The molecule has 0 amide bonds. The Morgan fingerprint density at radius 2 is 2.27 bits per heavy atom. The number of nitro groups is 1. The minimum atomic E-state index is -0.945. The maximum Gasteiger partial charge on any atom is 0.281 e. The molecule has 0 bridgehead atoms. The Balaban J connectivity index is 2.62. The highest BCUT2D eigenvalue weighted by atomic mass is 19.1. The Kier molecular flexibility index (Phi) is 2.12. The van der Waals surface area contributed by atoms with Gasteiger partial charge in [-0.05, 0) is 18.2 Å². The summed E-state index contributed by atoms with van der Waals surface area (Å²) in [6, 6.07) is 1.96. The number of aliphatic hydroxyl groups is 1. The minimum absolute atomic E-state index is 0.219. The number of nitrogens with zero attached hydrogens (tertiary/aromatic N) is 1. The topological polar surface area (TPSA) is 75.4 Å². The van der Waals surface area contributed by atoms with Crippen molar-refractivity contribution in [2.45, 2.75) is 6.23 Å². The van der Waals surface area contributed by atoms with Crippen LogP contribution in [-0.4, -0.2) is 16.3 Å². The fraction of sp³-hybridized carbons (Fsp3) is 0.111. The highest BCUT2D eigenvalue weighted by Gasteiger charge is 2.21. The van der Waals surface area contributed by atoms with Crippen LogP contribution in [0.1, 0.15) is 5.56 Å². The first-order valence-electron chi connectivity index (χ1n) is 4.18. The van der Waals surface area contributed by atoms with E-state index in [0.29, 0.717) is 0 Å². The lowest BCUT2D eigenvalue weighted by molar-refractivity contribution is -0.385. The lowest BCUT2D eigenvalue weighted by Gasteiger charge is -2.17. The molecule has 0 spiro atoms. The van der Waals surface area contributed by atoms with Crippen LogP contribution in [0.4, 0.5) is 15.8 Å². The van der Waals surface area contributed by atoms with Crippen molar-refractivity contribution in [2.75, 3.05) is 5.32 Å². The average Bonchev–Trinajstić information content (AvgIpc) is 2.15. The largest absolute Gasteiger partial charge is 0.370 e. The predicted octanol–water partition coefficient (Wildman–Crippen LogP) is 1.49. The summed E-state index contributed by atoms with van der Waals surface area (Å²) in [6.07, 6.45) is 1.81. The van der Waals surface area contributed by atoms with Gasteiger partial charge in [0, 0.05) is 0 Å². The van der Waals surface area contributed by atoms with E-state index >= 15 is 0 Å². The van der Waals surface area contributed by atoms with E-state index in [2.05, 4.69) is 5.32 Å². The molecule has 0 saturated carbocycles. The normalized spacial score (nSPS) is 18.1. The molecule has 2 N–H and O–H groups in total. The fourth-order valence-electron chi connectivity index (χ4n) is 1.44. The minimum Gasteiger partial charge on any atom is -0.370 e. The predicted molar refractivity (Wildman–Crippen MR) is 51.7 cm³/mol. The number of nitro benzene ring substituents is 1. The molecule has 15 heavy (non-hydrogen) atoms. The van der Waals surface area contributed by atoms with Gasteiger partial charge in [0.15, 0.2) is 0 Å². The fourth-order valence-corrected chi connectivity index (χ4v) is 1.44. The van der Waals surface area contributed by atoms with Crippen molar-refractivity contribution in [2.24, 2.45) is 0 Å². The van der Waals surface area contributed by atoms with Crippen LogP contribution in [0, 0.1) is 15.9 Å². The maximum absolute atomic E-state index is 13.0. The van der Waals surface area contributed by atoms with Gasteiger partial charge in [-0.1, -0.05) is 0 Å². The highest BCUT2D eigenvalue weighted by molar-refractivity contribution is 5.77. The van der Waals surface area contributed by atoms with E-state index in [1.807, 2.05) is 0 Å². The van der Waals surface area contributed by atoms with Gasteiger partial charge in [-0.25, -0.2) is 4.39 Å². The molecule has 5 nitrogen and oxygen atoms in total. The Labute approximate surface area is 84.0 Å². The molecule has 1 aromatic rings. The third-order valence-electron chi connectivity index (χ3n) is 2.07. The first-order chi connectivity index (χ1) is 7.08. The maximum atomic E-state index is 13.0. The summed E-state index contributed by atoms with van der Waals surface area (Å²) >= 11 is 0. The van der Waals surface area contributed by atoms with Gasteiger partial charge in [-0.3, -0.25) is 10.1 Å². The Morgan fingerprint density at radius 3 is 2.93 bits per heavy atom. The quantitative estimate of drug-likeness (QED) is 0.544. The van der Waals surface area contributed by atoms with Crippen molar-refractivity contribution in [3.05, 3.63) is 39.7 Å². The molecule has 1 aliphatic heterocycles. The molecule has 2 rings (SSSR count). The van der Waals surface area contributed by atoms with Gasteiger partial charge in [0.25, 0.3) is 5.69 Å². The van der Waals surface area contributed by atoms with Crippen molar-refractivity contribution < 1.29 is 14.4 Å². The zero-order valence-corrected chi connectivity index (χ0v) is 7.48. The number of nitrogens with one attached hydrogen (secondary N) is 1. The van der Waals surface area contributed by atoms with E-state index in [0.717, 1.165) is 12.1 Å². The third-order valence-corrected chi connectivity index (χ3v) is 2.07. The van der Waals surface area contributed by atoms with E-state index in [4.69, 9.17) is 0 Å². The number of rotatable bonds is 1. The van der Waals surface area contributed by atoms with E-state index < -0.39 is 17.0 Å². The van der Waals surface area contributed by atoms with Gasteiger partial charge in [-0.2, -0.15) is 0 Å². The van der Waals surface area contributed by atoms with Gasteiger partial charge in [0.1, 0.15) is 12.0 Å². The first-order valence-corrected chi connectivity index (χ1v) is 4.18. The van der Waals surface area contributed by atoms with E-state index in [1.165, 1.54) is 12.2 Å². The van der Waals surface area contributed by atoms with E-state index in [1.54, 1.807) is 0 Å². The molecule has 0 radical (unpaired) electrons. The van der Waals surface area contributed by atoms with Crippen LogP contribution in [0.5, 0.6) is 0 Å². The standard InChI is InChI=1S/C9H7FN2O3/c10-5-3-7-6(1-2-9(13)11-7)8(4-5)12(14)15/h1-4,9,11,13H. The Bertz CT molecular complexity index is 459. The molecule has 0 aliphatic carbocycles.